The largest absolute Gasteiger partial charge is 0.295 e. The lowest BCUT2D eigenvalue weighted by atomic mass is 9.94. The average molecular weight is 1430 g/mol. The first kappa shape index (κ1) is 64.1. The summed E-state index contributed by atoms with van der Waals surface area (Å²) in [5, 5.41) is 7.05. The fourth-order valence-corrected chi connectivity index (χ4v) is 16.9. The Kier molecular flexibility index (Phi) is 15.1. The molecule has 0 saturated carbocycles. The summed E-state index contributed by atoms with van der Waals surface area (Å²) in [4.78, 5) is 26.6. The highest BCUT2D eigenvalue weighted by Crippen LogP contribution is 2.53. The highest BCUT2D eigenvalue weighted by atomic mass is 15.3. The van der Waals surface area contributed by atoms with E-state index in [0.29, 0.717) is 11.6 Å². The lowest BCUT2D eigenvalue weighted by Gasteiger charge is -2.27. The van der Waals surface area contributed by atoms with Gasteiger partial charge in [-0.15, -0.1) is 0 Å². The maximum Gasteiger partial charge on any atom is 0.160 e. The van der Waals surface area contributed by atoms with E-state index < -0.39 is 0 Å². The van der Waals surface area contributed by atoms with Crippen molar-refractivity contribution in [1.82, 2.24) is 29.1 Å². The molecule has 22 rings (SSSR count). The van der Waals surface area contributed by atoms with E-state index in [1.165, 1.54) is 38.1 Å². The predicted octanol–water partition coefficient (Wildman–Crippen LogP) is 27.4. The molecule has 6 heterocycles. The summed E-state index contributed by atoms with van der Waals surface area (Å²) in [5.41, 5.74) is 28.9. The van der Waals surface area contributed by atoms with Gasteiger partial charge in [0.15, 0.2) is 11.6 Å². The maximum atomic E-state index is 5.58. The van der Waals surface area contributed by atoms with Gasteiger partial charge >= 0.3 is 0 Å². The van der Waals surface area contributed by atoms with Gasteiger partial charge in [-0.2, -0.15) is 0 Å². The lowest BCUT2D eigenvalue weighted by molar-refractivity contribution is 1.09. The number of para-hydroxylation sites is 3. The molecule has 0 spiro atoms. The van der Waals surface area contributed by atoms with Gasteiger partial charge in [-0.05, 0) is 152 Å². The Morgan fingerprint density at radius 2 is 0.545 bits per heavy atom. The molecule has 8 heteroatoms. The Labute approximate surface area is 647 Å². The molecule has 0 aliphatic carbocycles. The molecule has 0 atom stereocenters. The second-order valence-electron chi connectivity index (χ2n) is 29.0. The minimum atomic E-state index is 0.622. The zero-order valence-electron chi connectivity index (χ0n) is 60.7. The highest BCUT2D eigenvalue weighted by molar-refractivity contribution is 6.07. The molecule has 2 aliphatic heterocycles. The van der Waals surface area contributed by atoms with E-state index in [1.54, 1.807) is 0 Å². The standard InChI is InChI=1S/C104H66N8/c1-4-22-67(23-5-1)69-42-48-72(49-43-69)91-65-93(107-103(105-91)74-26-8-3-9-27-74)82-34-21-36-86(58-82)110-99-62-80(54-55-89(99)90-59-77-29-11-13-31-79(77)61-100(90)111-95-39-17-14-32-83(95)63-101(110)111)71-46-52-75(53-47-71)104-106-92(73-50-44-70(45-51-73)68-24-6-2-7-25-68)66-94(108-104)81-33-20-35-85(57-81)109-96-40-18-15-37-87(96)88-38-16-19-41-97(88)112-98-60-78-30-12-10-28-76(78)56-84(98)64-102(109)112/h1-66H. The van der Waals surface area contributed by atoms with Crippen molar-refractivity contribution in [2.75, 3.05) is 9.80 Å². The molecule has 0 amide bonds. The highest BCUT2D eigenvalue weighted by Gasteiger charge is 2.32. The Balaban J connectivity index is 0.681. The molecule has 0 radical (unpaired) electrons. The number of benzene rings is 16. The number of fused-ring (bicyclic) bond motifs is 16. The van der Waals surface area contributed by atoms with E-state index in [4.69, 9.17) is 19.9 Å². The molecule has 0 bridgehead atoms. The average Bonchev–Trinajstić information content (AvgIpc) is 1.57. The fraction of sp³-hybridized carbons (Fsp3) is 0. The van der Waals surface area contributed by atoms with Crippen LogP contribution in [-0.2, 0) is 0 Å². The summed E-state index contributed by atoms with van der Waals surface area (Å²) in [6.45, 7) is 0. The minimum Gasteiger partial charge on any atom is -0.295 e. The van der Waals surface area contributed by atoms with Gasteiger partial charge in [0, 0.05) is 77.8 Å². The van der Waals surface area contributed by atoms with E-state index in [9.17, 15) is 0 Å². The molecule has 16 aromatic carbocycles. The van der Waals surface area contributed by atoms with Gasteiger partial charge in [-0.25, -0.2) is 19.9 Å². The van der Waals surface area contributed by atoms with E-state index in [1.807, 2.05) is 18.2 Å². The predicted molar refractivity (Wildman–Crippen MR) is 463 cm³/mol. The Morgan fingerprint density at radius 3 is 1.12 bits per heavy atom. The van der Waals surface area contributed by atoms with Crippen molar-refractivity contribution in [3.8, 4) is 135 Å². The van der Waals surface area contributed by atoms with Gasteiger partial charge in [0.1, 0.15) is 11.6 Å². The number of nitrogens with zero attached hydrogens (tertiary/aromatic N) is 8. The molecule has 112 heavy (non-hydrogen) atoms. The summed E-state index contributed by atoms with van der Waals surface area (Å²) in [6.07, 6.45) is 0. The van der Waals surface area contributed by atoms with Crippen LogP contribution in [0.15, 0.2) is 400 Å². The lowest BCUT2D eigenvalue weighted by Crippen LogP contribution is -2.13. The topological polar surface area (TPSA) is 67.9 Å². The van der Waals surface area contributed by atoms with Gasteiger partial charge in [0.25, 0.3) is 0 Å². The zero-order chi connectivity index (χ0) is 73.7. The Bertz CT molecular complexity index is 7110. The quantitative estimate of drug-likeness (QED) is 0.129. The van der Waals surface area contributed by atoms with Gasteiger partial charge in [-0.1, -0.05) is 303 Å². The zero-order valence-corrected chi connectivity index (χ0v) is 60.7. The molecule has 20 aromatic rings. The third kappa shape index (κ3) is 11.1. The van der Waals surface area contributed by atoms with Crippen LogP contribution in [0, 0.1) is 0 Å². The maximum absolute atomic E-state index is 5.58. The van der Waals surface area contributed by atoms with Crippen LogP contribution in [0.2, 0.25) is 0 Å². The summed E-state index contributed by atoms with van der Waals surface area (Å²) in [5.74, 6) is 3.34. The Morgan fingerprint density at radius 1 is 0.170 bits per heavy atom. The van der Waals surface area contributed by atoms with E-state index in [0.717, 1.165) is 163 Å². The van der Waals surface area contributed by atoms with Gasteiger partial charge < -0.3 is 0 Å². The van der Waals surface area contributed by atoms with Crippen molar-refractivity contribution in [1.29, 1.82) is 0 Å². The van der Waals surface area contributed by atoms with Crippen molar-refractivity contribution in [3.05, 3.63) is 400 Å². The second-order valence-corrected chi connectivity index (χ2v) is 29.0. The van der Waals surface area contributed by atoms with Crippen molar-refractivity contribution < 1.29 is 0 Å². The third-order valence-electron chi connectivity index (χ3n) is 22.3. The normalized spacial score (nSPS) is 12.1. The van der Waals surface area contributed by atoms with Crippen LogP contribution < -0.4 is 9.80 Å². The first-order valence-corrected chi connectivity index (χ1v) is 38.1. The smallest absolute Gasteiger partial charge is 0.160 e. The molecule has 0 unspecified atom stereocenters. The van der Waals surface area contributed by atoms with E-state index in [-0.39, 0.29) is 0 Å². The molecule has 0 saturated heterocycles. The molecular weight excluding hydrogens is 1360 g/mol. The number of hydrogen-bond acceptors (Lipinski definition) is 6. The number of aromatic nitrogens is 6. The number of rotatable bonds is 11. The van der Waals surface area contributed by atoms with Crippen LogP contribution in [-0.4, -0.2) is 29.1 Å². The third-order valence-corrected chi connectivity index (χ3v) is 22.3. The van der Waals surface area contributed by atoms with Gasteiger partial charge in [0.05, 0.1) is 56.6 Å². The van der Waals surface area contributed by atoms with E-state index in [2.05, 4.69) is 401 Å². The Hall–Kier alpha value is -15.1. The van der Waals surface area contributed by atoms with Crippen molar-refractivity contribution in [3.63, 3.8) is 0 Å². The SMILES string of the molecule is c1ccc(-c2ccc(-c3cc(-c4cccc(N5c6cc(-c7ccc(-c8nc(-c9ccc(-c%10ccccc%10)cc9)cc(-c9cccc(N%10c%11ccccc%11-c%11ccccc%11-n%11c%10cc%10cc%12ccccc%12cc%10%11)c9)n8)cc7)ccc6-c6cc7ccccc7cc6-n6c5cc5ccccc56)c4)nc(-c4ccccc4)n3)cc2)cc1. The van der Waals surface area contributed by atoms with Crippen LogP contribution in [0.1, 0.15) is 0 Å². The van der Waals surface area contributed by atoms with Gasteiger partial charge in [-0.3, -0.25) is 18.9 Å². The van der Waals surface area contributed by atoms with Crippen LogP contribution in [0.25, 0.3) is 178 Å². The molecule has 0 fully saturated rings. The van der Waals surface area contributed by atoms with E-state index >= 15 is 0 Å². The molecule has 4 aromatic heterocycles. The molecule has 2 aliphatic rings. The number of anilines is 6. The summed E-state index contributed by atoms with van der Waals surface area (Å²) >= 11 is 0. The van der Waals surface area contributed by atoms with Crippen molar-refractivity contribution >= 4 is 77.7 Å². The van der Waals surface area contributed by atoms with Crippen LogP contribution in [0.4, 0.5) is 34.4 Å². The molecule has 522 valence electrons. The first-order valence-electron chi connectivity index (χ1n) is 38.1. The summed E-state index contributed by atoms with van der Waals surface area (Å²) < 4.78 is 4.90. The second kappa shape index (κ2) is 26.4. The fourth-order valence-electron chi connectivity index (χ4n) is 16.9. The summed E-state index contributed by atoms with van der Waals surface area (Å²) in [6, 6.07) is 144. The van der Waals surface area contributed by atoms with Crippen LogP contribution >= 0.6 is 0 Å². The van der Waals surface area contributed by atoms with Crippen molar-refractivity contribution in [2.45, 2.75) is 0 Å². The molecule has 8 nitrogen and oxygen atoms in total. The number of hydrogen-bond donors (Lipinski definition) is 0. The monoisotopic (exact) mass is 1430 g/mol. The van der Waals surface area contributed by atoms with Crippen molar-refractivity contribution in [2.24, 2.45) is 0 Å². The summed E-state index contributed by atoms with van der Waals surface area (Å²) in [7, 11) is 0. The first-order chi connectivity index (χ1) is 55.5. The molecule has 0 N–H and O–H groups in total. The van der Waals surface area contributed by atoms with Gasteiger partial charge in [0.2, 0.25) is 0 Å². The molecular formula is C104H66N8. The minimum absolute atomic E-state index is 0.622. The van der Waals surface area contributed by atoms with Crippen LogP contribution in [0.5, 0.6) is 0 Å². The van der Waals surface area contributed by atoms with Crippen LogP contribution in [0.3, 0.4) is 0 Å².